The van der Waals surface area contributed by atoms with E-state index < -0.39 is 5.97 Å². The van der Waals surface area contributed by atoms with Crippen molar-refractivity contribution in [2.24, 2.45) is 0 Å². The third-order valence-corrected chi connectivity index (χ3v) is 3.02. The van der Waals surface area contributed by atoms with Gasteiger partial charge in [-0.15, -0.1) is 0 Å². The number of carbonyl (C=O) groups is 2. The monoisotopic (exact) mass is 343 g/mol. The summed E-state index contributed by atoms with van der Waals surface area (Å²) in [6.07, 6.45) is 0.783. The van der Waals surface area contributed by atoms with Gasteiger partial charge in [-0.1, -0.05) is 0 Å². The van der Waals surface area contributed by atoms with Crippen LogP contribution in [0.2, 0.25) is 0 Å². The predicted octanol–water partition coefficient (Wildman–Crippen LogP) is 2.48. The van der Waals surface area contributed by atoms with E-state index in [-0.39, 0.29) is 5.97 Å². The smallest absolute Gasteiger partial charge is 0.338 e. The van der Waals surface area contributed by atoms with Crippen molar-refractivity contribution in [1.82, 2.24) is 4.90 Å². The maximum Gasteiger partial charge on any atom is 0.338 e. The standard InChI is InChI=1S/C14H18BrNO4/c1-10(17)20-13-6-5-11(9-12(13)15)14(18)19-8-4-7-16(2)3/h5-6,9H,4,7-8H2,1-3H3. The summed E-state index contributed by atoms with van der Waals surface area (Å²) in [5.74, 6) is -0.426. The Labute approximate surface area is 127 Å². The molecule has 0 amide bonds. The first-order valence-electron chi connectivity index (χ1n) is 6.20. The first-order valence-corrected chi connectivity index (χ1v) is 6.99. The molecular weight excluding hydrogens is 326 g/mol. The molecule has 0 saturated heterocycles. The zero-order valence-corrected chi connectivity index (χ0v) is 13.4. The van der Waals surface area contributed by atoms with Gasteiger partial charge in [-0.3, -0.25) is 4.79 Å². The molecule has 6 heteroatoms. The number of halogens is 1. The fraction of sp³-hybridized carbons (Fsp3) is 0.429. The van der Waals surface area contributed by atoms with E-state index in [1.807, 2.05) is 19.0 Å². The van der Waals surface area contributed by atoms with Crippen LogP contribution < -0.4 is 4.74 Å². The SMILES string of the molecule is CC(=O)Oc1ccc(C(=O)OCCCN(C)C)cc1Br. The summed E-state index contributed by atoms with van der Waals surface area (Å²) in [6, 6.07) is 4.70. The molecule has 0 aromatic heterocycles. The molecule has 0 spiro atoms. The largest absolute Gasteiger partial charge is 0.462 e. The van der Waals surface area contributed by atoms with E-state index in [1.165, 1.54) is 6.92 Å². The van der Waals surface area contributed by atoms with Gasteiger partial charge in [0.2, 0.25) is 0 Å². The first kappa shape index (κ1) is 16.7. The molecule has 20 heavy (non-hydrogen) atoms. The lowest BCUT2D eigenvalue weighted by Crippen LogP contribution is -2.16. The fourth-order valence-corrected chi connectivity index (χ4v) is 1.95. The van der Waals surface area contributed by atoms with Crippen LogP contribution in [0.3, 0.4) is 0 Å². The van der Waals surface area contributed by atoms with Crippen molar-refractivity contribution in [3.05, 3.63) is 28.2 Å². The van der Waals surface area contributed by atoms with E-state index in [0.29, 0.717) is 22.4 Å². The second-order valence-electron chi connectivity index (χ2n) is 4.53. The van der Waals surface area contributed by atoms with E-state index in [1.54, 1.807) is 18.2 Å². The molecule has 1 aromatic carbocycles. The average Bonchev–Trinajstić information content (AvgIpc) is 2.36. The average molecular weight is 344 g/mol. The normalized spacial score (nSPS) is 10.4. The minimum atomic E-state index is -0.412. The molecule has 0 aliphatic rings. The fourth-order valence-electron chi connectivity index (χ4n) is 1.49. The van der Waals surface area contributed by atoms with Crippen LogP contribution in [0.25, 0.3) is 0 Å². The second kappa shape index (κ2) is 8.01. The van der Waals surface area contributed by atoms with Crippen LogP contribution >= 0.6 is 15.9 Å². The molecule has 0 fully saturated rings. The third-order valence-electron chi connectivity index (χ3n) is 2.40. The highest BCUT2D eigenvalue weighted by molar-refractivity contribution is 9.10. The number of ether oxygens (including phenoxy) is 2. The van der Waals surface area contributed by atoms with Gasteiger partial charge in [-0.2, -0.15) is 0 Å². The van der Waals surface area contributed by atoms with E-state index in [0.717, 1.165) is 13.0 Å². The number of nitrogens with zero attached hydrogens (tertiary/aromatic N) is 1. The molecule has 1 aromatic rings. The van der Waals surface area contributed by atoms with Gasteiger partial charge in [0, 0.05) is 13.5 Å². The number of rotatable bonds is 6. The van der Waals surface area contributed by atoms with E-state index in [4.69, 9.17) is 9.47 Å². The van der Waals surface area contributed by atoms with Gasteiger partial charge in [-0.25, -0.2) is 4.79 Å². The van der Waals surface area contributed by atoms with Crippen molar-refractivity contribution in [2.45, 2.75) is 13.3 Å². The van der Waals surface area contributed by atoms with Crippen LogP contribution in [-0.4, -0.2) is 44.1 Å². The Morgan fingerprint density at radius 3 is 2.55 bits per heavy atom. The Kier molecular flexibility index (Phi) is 6.67. The van der Waals surface area contributed by atoms with Crippen LogP contribution in [0.4, 0.5) is 0 Å². The van der Waals surface area contributed by atoms with Crippen LogP contribution in [0.15, 0.2) is 22.7 Å². The lowest BCUT2D eigenvalue weighted by atomic mass is 10.2. The number of hydrogen-bond donors (Lipinski definition) is 0. The molecule has 0 aliphatic heterocycles. The Morgan fingerprint density at radius 2 is 2.00 bits per heavy atom. The minimum Gasteiger partial charge on any atom is -0.462 e. The van der Waals surface area contributed by atoms with E-state index >= 15 is 0 Å². The Bertz CT molecular complexity index is 488. The zero-order chi connectivity index (χ0) is 15.1. The molecular formula is C14H18BrNO4. The number of benzene rings is 1. The number of hydrogen-bond acceptors (Lipinski definition) is 5. The van der Waals surface area contributed by atoms with Crippen molar-refractivity contribution in [3.8, 4) is 5.75 Å². The third kappa shape index (κ3) is 5.71. The summed E-state index contributed by atoms with van der Waals surface area (Å²) in [5, 5.41) is 0. The summed E-state index contributed by atoms with van der Waals surface area (Å²) in [5.41, 5.74) is 0.414. The van der Waals surface area contributed by atoms with E-state index in [2.05, 4.69) is 15.9 Å². The summed E-state index contributed by atoms with van der Waals surface area (Å²) >= 11 is 3.25. The summed E-state index contributed by atoms with van der Waals surface area (Å²) in [6.45, 7) is 2.56. The number of esters is 2. The topological polar surface area (TPSA) is 55.8 Å². The van der Waals surface area contributed by atoms with Gasteiger partial charge in [0.15, 0.2) is 0 Å². The van der Waals surface area contributed by atoms with Crippen LogP contribution in [-0.2, 0) is 9.53 Å². The maximum absolute atomic E-state index is 11.8. The van der Waals surface area contributed by atoms with Crippen LogP contribution in [0.1, 0.15) is 23.7 Å². The first-order chi connectivity index (χ1) is 9.40. The lowest BCUT2D eigenvalue weighted by molar-refractivity contribution is -0.131. The molecule has 0 aliphatic carbocycles. The van der Waals surface area contributed by atoms with Gasteiger partial charge < -0.3 is 14.4 Å². The van der Waals surface area contributed by atoms with Crippen molar-refractivity contribution in [3.63, 3.8) is 0 Å². The molecule has 0 unspecified atom stereocenters. The van der Waals surface area contributed by atoms with Gasteiger partial charge in [0.25, 0.3) is 0 Å². The Morgan fingerprint density at radius 1 is 1.30 bits per heavy atom. The maximum atomic E-state index is 11.8. The van der Waals surface area contributed by atoms with Gasteiger partial charge in [-0.05, 0) is 54.6 Å². The highest BCUT2D eigenvalue weighted by Crippen LogP contribution is 2.26. The highest BCUT2D eigenvalue weighted by Gasteiger charge is 2.11. The number of carbonyl (C=O) groups excluding carboxylic acids is 2. The molecule has 0 saturated carbocycles. The van der Waals surface area contributed by atoms with Crippen molar-refractivity contribution in [2.75, 3.05) is 27.2 Å². The van der Waals surface area contributed by atoms with Crippen molar-refractivity contribution in [1.29, 1.82) is 0 Å². The molecule has 0 N–H and O–H groups in total. The predicted molar refractivity (Wildman–Crippen MR) is 78.9 cm³/mol. The molecule has 0 heterocycles. The Hall–Kier alpha value is -1.40. The molecule has 0 atom stereocenters. The van der Waals surface area contributed by atoms with E-state index in [9.17, 15) is 9.59 Å². The summed E-state index contributed by atoms with van der Waals surface area (Å²) in [7, 11) is 3.93. The van der Waals surface area contributed by atoms with Crippen molar-refractivity contribution < 1.29 is 19.1 Å². The molecule has 0 bridgehead atoms. The van der Waals surface area contributed by atoms with Crippen LogP contribution in [0, 0.1) is 0 Å². The molecule has 110 valence electrons. The van der Waals surface area contributed by atoms with Gasteiger partial charge in [0.05, 0.1) is 16.6 Å². The second-order valence-corrected chi connectivity index (χ2v) is 5.39. The Balaban J connectivity index is 2.56. The van der Waals surface area contributed by atoms with Gasteiger partial charge in [0.1, 0.15) is 5.75 Å². The highest BCUT2D eigenvalue weighted by atomic mass is 79.9. The lowest BCUT2D eigenvalue weighted by Gasteiger charge is -2.10. The molecule has 1 rings (SSSR count). The molecule has 5 nitrogen and oxygen atoms in total. The summed E-state index contributed by atoms with van der Waals surface area (Å²) in [4.78, 5) is 24.7. The van der Waals surface area contributed by atoms with Crippen molar-refractivity contribution >= 4 is 27.9 Å². The quantitative estimate of drug-likeness (QED) is 0.451. The molecule has 0 radical (unpaired) electrons. The summed E-state index contributed by atoms with van der Waals surface area (Å²) < 4.78 is 10.7. The van der Waals surface area contributed by atoms with Gasteiger partial charge >= 0.3 is 11.9 Å². The minimum absolute atomic E-state index is 0.375. The zero-order valence-electron chi connectivity index (χ0n) is 11.8. The van der Waals surface area contributed by atoms with Crippen LogP contribution in [0.5, 0.6) is 5.75 Å².